The highest BCUT2D eigenvalue weighted by molar-refractivity contribution is 5.96. The molecule has 25 heavy (non-hydrogen) atoms. The first-order valence-electron chi connectivity index (χ1n) is 8.82. The Labute approximate surface area is 148 Å². The summed E-state index contributed by atoms with van der Waals surface area (Å²) in [6.07, 6.45) is 2.53. The smallest absolute Gasteiger partial charge is 0.227 e. The van der Waals surface area contributed by atoms with Crippen LogP contribution in [0, 0.1) is 25.2 Å². The molecule has 1 atom stereocenters. The highest BCUT2D eigenvalue weighted by atomic mass is 16.2. The number of carbonyl (C=O) groups excluding carboxylic acids is 1. The topological polar surface area (TPSA) is 61.9 Å². The molecule has 0 radical (unpaired) electrons. The van der Waals surface area contributed by atoms with E-state index in [2.05, 4.69) is 24.2 Å². The molecule has 1 aliphatic rings. The third-order valence-corrected chi connectivity index (χ3v) is 5.03. The van der Waals surface area contributed by atoms with Gasteiger partial charge in [0.15, 0.2) is 0 Å². The van der Waals surface area contributed by atoms with Crippen LogP contribution in [0.5, 0.6) is 0 Å². The van der Waals surface area contributed by atoms with Crippen LogP contribution < -0.4 is 4.90 Å². The molecule has 0 fully saturated rings. The van der Waals surface area contributed by atoms with E-state index in [1.165, 1.54) is 5.56 Å². The van der Waals surface area contributed by atoms with Gasteiger partial charge in [0.25, 0.3) is 0 Å². The van der Waals surface area contributed by atoms with E-state index in [0.29, 0.717) is 25.8 Å². The van der Waals surface area contributed by atoms with Crippen LogP contribution >= 0.6 is 0 Å². The molecule has 2 heterocycles. The van der Waals surface area contributed by atoms with Gasteiger partial charge in [0, 0.05) is 23.8 Å². The van der Waals surface area contributed by atoms with Gasteiger partial charge >= 0.3 is 0 Å². The molecule has 3 rings (SSSR count). The van der Waals surface area contributed by atoms with Crippen LogP contribution in [0.3, 0.4) is 0 Å². The lowest BCUT2D eigenvalue weighted by Gasteiger charge is -2.22. The summed E-state index contributed by atoms with van der Waals surface area (Å²) in [5.74, 6) is 0.168. The van der Waals surface area contributed by atoms with Gasteiger partial charge in [0.2, 0.25) is 5.91 Å². The summed E-state index contributed by atoms with van der Waals surface area (Å²) in [6, 6.07) is 10.5. The number of aryl methyl sites for hydroxylation is 2. The van der Waals surface area contributed by atoms with Crippen molar-refractivity contribution >= 4 is 11.6 Å². The second-order valence-electron chi connectivity index (χ2n) is 6.73. The number of carbonyl (C=O) groups is 1. The number of nitriles is 1. The molecule has 0 saturated carbocycles. The SMILES string of the molecule is Cc1nn(CCC#N)c(C)c1CCC(=O)N1c2ccccc2CC1C. The van der Waals surface area contributed by atoms with Gasteiger partial charge in [0.05, 0.1) is 24.7 Å². The fourth-order valence-electron chi connectivity index (χ4n) is 3.77. The fraction of sp³-hybridized carbons (Fsp3) is 0.450. The molecule has 1 aromatic carbocycles. The van der Waals surface area contributed by atoms with E-state index >= 15 is 0 Å². The van der Waals surface area contributed by atoms with E-state index in [4.69, 9.17) is 5.26 Å². The molecular weight excluding hydrogens is 312 g/mol. The van der Waals surface area contributed by atoms with Gasteiger partial charge in [-0.3, -0.25) is 9.48 Å². The van der Waals surface area contributed by atoms with Crippen molar-refractivity contribution in [3.8, 4) is 6.07 Å². The zero-order valence-electron chi connectivity index (χ0n) is 15.1. The Hall–Kier alpha value is -2.61. The van der Waals surface area contributed by atoms with E-state index in [1.54, 1.807) is 0 Å². The highest BCUT2D eigenvalue weighted by Gasteiger charge is 2.30. The molecule has 1 amide bonds. The Balaban J connectivity index is 1.71. The summed E-state index contributed by atoms with van der Waals surface area (Å²) in [6.45, 7) is 6.70. The number of benzene rings is 1. The second kappa shape index (κ2) is 7.10. The molecule has 0 saturated heterocycles. The molecule has 0 spiro atoms. The van der Waals surface area contributed by atoms with E-state index in [-0.39, 0.29) is 11.9 Å². The van der Waals surface area contributed by atoms with Gasteiger partial charge in [0.1, 0.15) is 0 Å². The standard InChI is InChI=1S/C20H24N4O/c1-14-13-17-7-4-5-8-19(17)24(14)20(25)10-9-18-15(2)22-23(16(18)3)12-6-11-21/h4-5,7-8,14H,6,9-10,12-13H2,1-3H3. The van der Waals surface area contributed by atoms with Gasteiger partial charge in [-0.1, -0.05) is 18.2 Å². The van der Waals surface area contributed by atoms with Gasteiger partial charge < -0.3 is 4.90 Å². The average Bonchev–Trinajstić information content (AvgIpc) is 3.06. The van der Waals surface area contributed by atoms with Crippen molar-refractivity contribution in [1.29, 1.82) is 5.26 Å². The Bertz CT molecular complexity index is 831. The summed E-state index contributed by atoms with van der Waals surface area (Å²) in [7, 11) is 0. The number of fused-ring (bicyclic) bond motifs is 1. The molecule has 2 aromatic rings. The minimum Gasteiger partial charge on any atom is -0.309 e. The molecule has 5 nitrogen and oxygen atoms in total. The maximum atomic E-state index is 12.8. The van der Waals surface area contributed by atoms with Crippen molar-refractivity contribution in [2.75, 3.05) is 4.90 Å². The van der Waals surface area contributed by atoms with Gasteiger partial charge in [-0.15, -0.1) is 0 Å². The molecule has 0 aliphatic carbocycles. The number of hydrogen-bond acceptors (Lipinski definition) is 3. The van der Waals surface area contributed by atoms with Crippen LogP contribution in [0.1, 0.15) is 42.3 Å². The zero-order valence-corrected chi connectivity index (χ0v) is 15.1. The van der Waals surface area contributed by atoms with E-state index in [1.807, 2.05) is 41.6 Å². The first kappa shape index (κ1) is 17.2. The van der Waals surface area contributed by atoms with Crippen molar-refractivity contribution in [1.82, 2.24) is 9.78 Å². The first-order chi connectivity index (χ1) is 12.0. The fourth-order valence-corrected chi connectivity index (χ4v) is 3.77. The van der Waals surface area contributed by atoms with Crippen LogP contribution in [0.25, 0.3) is 0 Å². The number of hydrogen-bond donors (Lipinski definition) is 0. The summed E-state index contributed by atoms with van der Waals surface area (Å²) in [4.78, 5) is 14.8. The molecule has 1 unspecified atom stereocenters. The molecule has 1 aromatic heterocycles. The predicted octanol–water partition coefficient (Wildman–Crippen LogP) is 3.32. The summed E-state index contributed by atoms with van der Waals surface area (Å²) < 4.78 is 1.88. The van der Waals surface area contributed by atoms with Crippen molar-refractivity contribution in [2.24, 2.45) is 0 Å². The second-order valence-corrected chi connectivity index (χ2v) is 6.73. The van der Waals surface area contributed by atoms with Crippen molar-refractivity contribution < 1.29 is 4.79 Å². The summed E-state index contributed by atoms with van der Waals surface area (Å²) >= 11 is 0. The monoisotopic (exact) mass is 336 g/mol. The minimum atomic E-state index is 0.168. The van der Waals surface area contributed by atoms with Crippen LogP contribution in [0.4, 0.5) is 5.69 Å². The number of para-hydroxylation sites is 1. The first-order valence-corrected chi connectivity index (χ1v) is 8.82. The minimum absolute atomic E-state index is 0.168. The molecule has 130 valence electrons. The van der Waals surface area contributed by atoms with Crippen LogP contribution in [0.15, 0.2) is 24.3 Å². The van der Waals surface area contributed by atoms with Crippen molar-refractivity contribution in [3.05, 3.63) is 46.8 Å². The zero-order chi connectivity index (χ0) is 18.0. The molecule has 0 bridgehead atoms. The number of rotatable bonds is 5. The number of aromatic nitrogens is 2. The number of amides is 1. The maximum Gasteiger partial charge on any atom is 0.227 e. The molecule has 5 heteroatoms. The Morgan fingerprint density at radius 3 is 2.88 bits per heavy atom. The Morgan fingerprint density at radius 1 is 1.36 bits per heavy atom. The lowest BCUT2D eigenvalue weighted by molar-refractivity contribution is -0.118. The molecule has 1 aliphatic heterocycles. The third-order valence-electron chi connectivity index (χ3n) is 5.03. The lowest BCUT2D eigenvalue weighted by Crippen LogP contribution is -2.35. The average molecular weight is 336 g/mol. The van der Waals surface area contributed by atoms with E-state index < -0.39 is 0 Å². The van der Waals surface area contributed by atoms with Gasteiger partial charge in [-0.05, 0) is 50.8 Å². The normalized spacial score (nSPS) is 15.9. The predicted molar refractivity (Wildman–Crippen MR) is 97.3 cm³/mol. The van der Waals surface area contributed by atoms with Gasteiger partial charge in [-0.2, -0.15) is 10.4 Å². The largest absolute Gasteiger partial charge is 0.309 e. The summed E-state index contributed by atoms with van der Waals surface area (Å²) in [5, 5.41) is 13.3. The molecular formula is C20H24N4O. The Morgan fingerprint density at radius 2 is 2.12 bits per heavy atom. The Kier molecular flexibility index (Phi) is 4.89. The van der Waals surface area contributed by atoms with Crippen molar-refractivity contribution in [3.63, 3.8) is 0 Å². The van der Waals surface area contributed by atoms with Crippen LogP contribution in [0.2, 0.25) is 0 Å². The summed E-state index contributed by atoms with van der Waals surface area (Å²) in [5.41, 5.74) is 5.46. The van der Waals surface area contributed by atoms with E-state index in [0.717, 1.165) is 29.1 Å². The van der Waals surface area contributed by atoms with Crippen LogP contribution in [-0.2, 0) is 24.2 Å². The quantitative estimate of drug-likeness (QED) is 0.841. The molecule has 0 N–H and O–H groups in total. The van der Waals surface area contributed by atoms with Crippen LogP contribution in [-0.4, -0.2) is 21.7 Å². The lowest BCUT2D eigenvalue weighted by atomic mass is 10.1. The number of anilines is 1. The third kappa shape index (κ3) is 3.30. The maximum absolute atomic E-state index is 12.8. The highest BCUT2D eigenvalue weighted by Crippen LogP contribution is 2.32. The van der Waals surface area contributed by atoms with Crippen molar-refractivity contribution in [2.45, 2.75) is 59.0 Å². The van der Waals surface area contributed by atoms with Gasteiger partial charge in [-0.25, -0.2) is 0 Å². The van der Waals surface area contributed by atoms with E-state index in [9.17, 15) is 4.79 Å². The number of nitrogens with zero attached hydrogens (tertiary/aromatic N) is 4.